The minimum atomic E-state index is -0.104. The van der Waals surface area contributed by atoms with E-state index in [1.54, 1.807) is 12.1 Å². The minimum Gasteiger partial charge on any atom is -0.397 e. The molecule has 116 valence electrons. The molecule has 0 aliphatic carbocycles. The Labute approximate surface area is 125 Å². The van der Waals surface area contributed by atoms with Gasteiger partial charge in [0.05, 0.1) is 24.1 Å². The molecule has 1 fully saturated rings. The lowest BCUT2D eigenvalue weighted by Crippen LogP contribution is -2.43. The van der Waals surface area contributed by atoms with Crippen LogP contribution in [0.15, 0.2) is 18.2 Å². The van der Waals surface area contributed by atoms with Gasteiger partial charge < -0.3 is 26.0 Å². The molecule has 0 radical (unpaired) electrons. The number of carbonyl (C=O) groups is 1. The van der Waals surface area contributed by atoms with E-state index in [1.165, 1.54) is 0 Å². The number of ether oxygens (including phenoxy) is 1. The van der Waals surface area contributed by atoms with Crippen LogP contribution < -0.4 is 16.4 Å². The van der Waals surface area contributed by atoms with Crippen molar-refractivity contribution >= 4 is 17.3 Å². The van der Waals surface area contributed by atoms with Gasteiger partial charge in [0.25, 0.3) is 5.91 Å². The molecule has 21 heavy (non-hydrogen) atoms. The highest BCUT2D eigenvalue weighted by atomic mass is 16.5. The lowest BCUT2D eigenvalue weighted by Gasteiger charge is -2.30. The van der Waals surface area contributed by atoms with E-state index in [1.807, 2.05) is 13.0 Å². The molecule has 1 saturated heterocycles. The van der Waals surface area contributed by atoms with Crippen LogP contribution in [0.1, 0.15) is 17.3 Å². The zero-order chi connectivity index (χ0) is 15.2. The number of nitrogens with one attached hydrogen (secondary N) is 2. The number of hydrogen-bond acceptors (Lipinski definition) is 5. The predicted molar refractivity (Wildman–Crippen MR) is 84.6 cm³/mol. The molecule has 6 nitrogen and oxygen atoms in total. The van der Waals surface area contributed by atoms with Gasteiger partial charge in [-0.3, -0.25) is 4.79 Å². The van der Waals surface area contributed by atoms with E-state index in [9.17, 15) is 4.79 Å². The molecule has 0 bridgehead atoms. The molecule has 1 atom stereocenters. The second-order valence-electron chi connectivity index (χ2n) is 5.30. The fraction of sp³-hybridized carbons (Fsp3) is 0.533. The summed E-state index contributed by atoms with van der Waals surface area (Å²) in [7, 11) is 2.09. The van der Waals surface area contributed by atoms with Gasteiger partial charge in [-0.25, -0.2) is 0 Å². The average Bonchev–Trinajstić information content (AvgIpc) is 2.46. The fourth-order valence-electron chi connectivity index (χ4n) is 2.34. The molecule has 1 unspecified atom stereocenters. The molecular weight excluding hydrogens is 268 g/mol. The standard InChI is InChI=1S/C15H24N4O2/c1-3-17-15(20)11-4-5-14(13(16)8-11)18-9-12-10-19(2)6-7-21-12/h4-5,8,12,18H,3,6-7,9-10,16H2,1-2H3,(H,17,20). The number of nitrogen functional groups attached to an aromatic ring is 1. The summed E-state index contributed by atoms with van der Waals surface area (Å²) >= 11 is 0. The Bertz CT molecular complexity index is 493. The van der Waals surface area contributed by atoms with Gasteiger partial charge in [-0.05, 0) is 32.2 Å². The SMILES string of the molecule is CCNC(=O)c1ccc(NCC2CN(C)CCO2)c(N)c1. The Balaban J connectivity index is 1.93. The van der Waals surface area contributed by atoms with E-state index in [0.29, 0.717) is 24.3 Å². The van der Waals surface area contributed by atoms with Gasteiger partial charge in [-0.15, -0.1) is 0 Å². The van der Waals surface area contributed by atoms with E-state index < -0.39 is 0 Å². The van der Waals surface area contributed by atoms with Crippen LogP contribution in [0.2, 0.25) is 0 Å². The maximum Gasteiger partial charge on any atom is 0.251 e. The number of nitrogens with two attached hydrogens (primary N) is 1. The van der Waals surface area contributed by atoms with Crippen LogP contribution in [0.5, 0.6) is 0 Å². The van der Waals surface area contributed by atoms with E-state index in [0.717, 1.165) is 25.4 Å². The quantitative estimate of drug-likeness (QED) is 0.698. The minimum absolute atomic E-state index is 0.104. The maximum absolute atomic E-state index is 11.7. The largest absolute Gasteiger partial charge is 0.397 e. The summed E-state index contributed by atoms with van der Waals surface area (Å²) in [6, 6.07) is 5.31. The molecule has 4 N–H and O–H groups in total. The van der Waals surface area contributed by atoms with Crippen molar-refractivity contribution in [3.05, 3.63) is 23.8 Å². The van der Waals surface area contributed by atoms with E-state index >= 15 is 0 Å². The van der Waals surface area contributed by atoms with Crippen molar-refractivity contribution in [2.45, 2.75) is 13.0 Å². The number of nitrogens with zero attached hydrogens (tertiary/aromatic N) is 1. The van der Waals surface area contributed by atoms with Crippen molar-refractivity contribution in [2.24, 2.45) is 0 Å². The molecule has 1 amide bonds. The van der Waals surface area contributed by atoms with Crippen molar-refractivity contribution in [2.75, 3.05) is 50.9 Å². The predicted octanol–water partition coefficient (Wildman–Crippen LogP) is 0.761. The van der Waals surface area contributed by atoms with Crippen LogP contribution in [0.25, 0.3) is 0 Å². The van der Waals surface area contributed by atoms with Crippen LogP contribution in [0.4, 0.5) is 11.4 Å². The first-order valence-electron chi connectivity index (χ1n) is 7.32. The third-order valence-electron chi connectivity index (χ3n) is 3.51. The molecule has 1 heterocycles. The molecular formula is C15H24N4O2. The summed E-state index contributed by atoms with van der Waals surface area (Å²) in [6.07, 6.45) is 0.159. The molecule has 2 rings (SSSR count). The molecule has 1 aromatic rings. The van der Waals surface area contributed by atoms with Crippen molar-refractivity contribution in [3.8, 4) is 0 Å². The summed E-state index contributed by atoms with van der Waals surface area (Å²) in [5.41, 5.74) is 7.99. The molecule has 0 saturated carbocycles. The first kappa shape index (κ1) is 15.6. The smallest absolute Gasteiger partial charge is 0.251 e. The number of benzene rings is 1. The molecule has 0 spiro atoms. The van der Waals surface area contributed by atoms with Gasteiger partial charge >= 0.3 is 0 Å². The Morgan fingerprint density at radius 2 is 2.33 bits per heavy atom. The zero-order valence-electron chi connectivity index (χ0n) is 12.7. The summed E-state index contributed by atoms with van der Waals surface area (Å²) in [5, 5.41) is 6.05. The second kappa shape index (κ2) is 7.28. The van der Waals surface area contributed by atoms with Crippen LogP contribution in [-0.4, -0.2) is 56.7 Å². The molecule has 6 heteroatoms. The van der Waals surface area contributed by atoms with Crippen LogP contribution in [0, 0.1) is 0 Å². The van der Waals surface area contributed by atoms with Crippen molar-refractivity contribution in [1.82, 2.24) is 10.2 Å². The lowest BCUT2D eigenvalue weighted by molar-refractivity contribution is -0.0117. The van der Waals surface area contributed by atoms with Crippen LogP contribution in [0.3, 0.4) is 0 Å². The highest BCUT2D eigenvalue weighted by Gasteiger charge is 2.17. The summed E-state index contributed by atoms with van der Waals surface area (Å²) in [5.74, 6) is -0.104. The molecule has 0 aromatic heterocycles. The van der Waals surface area contributed by atoms with Gasteiger partial charge in [0.2, 0.25) is 0 Å². The second-order valence-corrected chi connectivity index (χ2v) is 5.30. The third-order valence-corrected chi connectivity index (χ3v) is 3.51. The Hall–Kier alpha value is -1.79. The van der Waals surface area contributed by atoms with E-state index in [4.69, 9.17) is 10.5 Å². The van der Waals surface area contributed by atoms with Gasteiger partial charge in [-0.1, -0.05) is 0 Å². The summed E-state index contributed by atoms with van der Waals surface area (Å²) in [4.78, 5) is 14.0. The fourth-order valence-corrected chi connectivity index (χ4v) is 2.34. The van der Waals surface area contributed by atoms with Gasteiger partial charge in [0.15, 0.2) is 0 Å². The summed E-state index contributed by atoms with van der Waals surface area (Å²) in [6.45, 7) is 5.83. The highest BCUT2D eigenvalue weighted by molar-refractivity contribution is 5.96. The average molecular weight is 292 g/mol. The van der Waals surface area contributed by atoms with Gasteiger partial charge in [0, 0.05) is 31.7 Å². The highest BCUT2D eigenvalue weighted by Crippen LogP contribution is 2.20. The Morgan fingerprint density at radius 1 is 1.52 bits per heavy atom. The van der Waals surface area contributed by atoms with Crippen molar-refractivity contribution in [3.63, 3.8) is 0 Å². The number of hydrogen-bond donors (Lipinski definition) is 3. The molecule has 1 aliphatic heterocycles. The van der Waals surface area contributed by atoms with Gasteiger partial charge in [0.1, 0.15) is 0 Å². The lowest BCUT2D eigenvalue weighted by atomic mass is 10.1. The monoisotopic (exact) mass is 292 g/mol. The topological polar surface area (TPSA) is 79.6 Å². The van der Waals surface area contributed by atoms with Crippen LogP contribution in [-0.2, 0) is 4.74 Å². The first-order valence-corrected chi connectivity index (χ1v) is 7.32. The van der Waals surface area contributed by atoms with E-state index in [2.05, 4.69) is 22.6 Å². The normalized spacial score (nSPS) is 19.2. The summed E-state index contributed by atoms with van der Waals surface area (Å²) < 4.78 is 5.69. The number of likely N-dealkylation sites (N-methyl/N-ethyl adjacent to an activating group) is 1. The van der Waals surface area contributed by atoms with Crippen molar-refractivity contribution in [1.29, 1.82) is 0 Å². The number of morpholine rings is 1. The first-order chi connectivity index (χ1) is 10.1. The van der Waals surface area contributed by atoms with E-state index in [-0.39, 0.29) is 12.0 Å². The van der Waals surface area contributed by atoms with Crippen molar-refractivity contribution < 1.29 is 9.53 Å². The number of carbonyl (C=O) groups excluding carboxylic acids is 1. The zero-order valence-corrected chi connectivity index (χ0v) is 12.7. The number of amides is 1. The van der Waals surface area contributed by atoms with Gasteiger partial charge in [-0.2, -0.15) is 0 Å². The third kappa shape index (κ3) is 4.34. The molecule has 1 aliphatic rings. The number of rotatable bonds is 5. The molecule has 1 aromatic carbocycles. The Kier molecular flexibility index (Phi) is 5.41. The van der Waals surface area contributed by atoms with Crippen LogP contribution >= 0.6 is 0 Å². The maximum atomic E-state index is 11.7. The Morgan fingerprint density at radius 3 is 3.00 bits per heavy atom. The number of anilines is 2.